The number of para-hydroxylation sites is 1. The Bertz CT molecular complexity index is 770. The van der Waals surface area contributed by atoms with Crippen molar-refractivity contribution in [3.8, 4) is 5.69 Å². The van der Waals surface area contributed by atoms with Crippen molar-refractivity contribution in [1.82, 2.24) is 20.0 Å². The lowest BCUT2D eigenvalue weighted by Crippen LogP contribution is -2.52. The van der Waals surface area contributed by atoms with Crippen molar-refractivity contribution in [2.24, 2.45) is 5.92 Å². The number of alkyl halides is 3. The lowest BCUT2D eigenvalue weighted by atomic mass is 9.88. The first-order valence-corrected chi connectivity index (χ1v) is 8.41. The van der Waals surface area contributed by atoms with Crippen LogP contribution < -0.4 is 5.32 Å². The fourth-order valence-corrected chi connectivity index (χ4v) is 3.46. The van der Waals surface area contributed by atoms with Gasteiger partial charge in [-0.2, -0.15) is 18.3 Å². The molecule has 0 bridgehead atoms. The van der Waals surface area contributed by atoms with Gasteiger partial charge in [-0.3, -0.25) is 0 Å². The van der Waals surface area contributed by atoms with Crippen molar-refractivity contribution in [2.75, 3.05) is 6.54 Å². The summed E-state index contributed by atoms with van der Waals surface area (Å²) in [6, 6.07) is 9.00. The van der Waals surface area contributed by atoms with Crippen molar-refractivity contribution >= 4 is 6.03 Å². The van der Waals surface area contributed by atoms with E-state index in [-0.39, 0.29) is 19.5 Å². The maximum atomic E-state index is 13.1. The molecule has 1 aromatic heterocycles. The molecule has 1 aliphatic rings. The van der Waals surface area contributed by atoms with Gasteiger partial charge in [-0.25, -0.2) is 9.48 Å². The summed E-state index contributed by atoms with van der Waals surface area (Å²) in [7, 11) is 0. The molecule has 2 heterocycles. The van der Waals surface area contributed by atoms with Gasteiger partial charge in [0.05, 0.1) is 23.3 Å². The van der Waals surface area contributed by atoms with E-state index in [1.807, 2.05) is 30.3 Å². The Labute approximate surface area is 149 Å². The zero-order chi connectivity index (χ0) is 18.9. The number of likely N-dealkylation sites (tertiary alicyclic amines) is 1. The Morgan fingerprint density at radius 2 is 2.00 bits per heavy atom. The Morgan fingerprint density at radius 3 is 2.62 bits per heavy atom. The predicted octanol–water partition coefficient (Wildman–Crippen LogP) is 3.74. The third kappa shape index (κ3) is 3.54. The van der Waals surface area contributed by atoms with Crippen LogP contribution in [-0.2, 0) is 6.54 Å². The van der Waals surface area contributed by atoms with Gasteiger partial charge < -0.3 is 10.2 Å². The maximum absolute atomic E-state index is 13.1. The zero-order valence-electron chi connectivity index (χ0n) is 14.6. The van der Waals surface area contributed by atoms with Crippen LogP contribution in [0.15, 0.2) is 42.7 Å². The summed E-state index contributed by atoms with van der Waals surface area (Å²) in [4.78, 5) is 13.7. The highest BCUT2D eigenvalue weighted by Gasteiger charge is 2.56. The molecule has 0 radical (unpaired) electrons. The van der Waals surface area contributed by atoms with Crippen LogP contribution in [0.3, 0.4) is 0 Å². The molecule has 1 N–H and O–H groups in total. The molecule has 26 heavy (non-hydrogen) atoms. The Kier molecular flexibility index (Phi) is 4.68. The molecule has 1 atom stereocenters. The second-order valence-electron chi connectivity index (χ2n) is 6.98. The lowest BCUT2D eigenvalue weighted by molar-refractivity contribution is -0.189. The topological polar surface area (TPSA) is 50.2 Å². The van der Waals surface area contributed by atoms with Gasteiger partial charge in [-0.1, -0.05) is 18.2 Å². The van der Waals surface area contributed by atoms with E-state index in [2.05, 4.69) is 10.4 Å². The minimum Gasteiger partial charge on any atom is -0.334 e. The Hall–Kier alpha value is -2.51. The molecule has 0 spiro atoms. The molecular formula is C18H21F3N4O. The van der Waals surface area contributed by atoms with Crippen LogP contribution in [0.5, 0.6) is 0 Å². The van der Waals surface area contributed by atoms with Gasteiger partial charge in [0, 0.05) is 24.8 Å². The predicted molar refractivity (Wildman–Crippen MR) is 90.7 cm³/mol. The van der Waals surface area contributed by atoms with Gasteiger partial charge in [0.25, 0.3) is 0 Å². The highest BCUT2D eigenvalue weighted by molar-refractivity contribution is 5.75. The van der Waals surface area contributed by atoms with Crippen LogP contribution >= 0.6 is 0 Å². The highest BCUT2D eigenvalue weighted by atomic mass is 19.4. The molecule has 8 heteroatoms. The summed E-state index contributed by atoms with van der Waals surface area (Å²) < 4.78 is 41.1. The summed E-state index contributed by atoms with van der Waals surface area (Å²) in [6.45, 7) is 3.22. The molecule has 2 amide bonds. The summed E-state index contributed by atoms with van der Waals surface area (Å²) in [6.07, 6.45) is -0.977. The summed E-state index contributed by atoms with van der Waals surface area (Å²) in [5.41, 5.74) is 0.390. The number of hydrogen-bond donors (Lipinski definition) is 1. The number of urea groups is 1. The quantitative estimate of drug-likeness (QED) is 0.900. The number of rotatable bonds is 3. The third-order valence-corrected chi connectivity index (χ3v) is 4.93. The van der Waals surface area contributed by atoms with Crippen LogP contribution in [-0.4, -0.2) is 39.0 Å². The molecule has 0 aliphatic carbocycles. The number of benzene rings is 1. The molecule has 1 aliphatic heterocycles. The Balaban J connectivity index is 1.62. The van der Waals surface area contributed by atoms with Crippen LogP contribution in [0.1, 0.15) is 25.8 Å². The first-order chi connectivity index (χ1) is 12.2. The second kappa shape index (κ2) is 6.66. The maximum Gasteiger partial charge on any atom is 0.394 e. The zero-order valence-corrected chi connectivity index (χ0v) is 14.6. The normalized spacial score (nSPS) is 19.6. The average Bonchev–Trinajstić information content (AvgIpc) is 3.17. The molecule has 1 saturated heterocycles. The third-order valence-electron chi connectivity index (χ3n) is 4.93. The van der Waals surface area contributed by atoms with Gasteiger partial charge in [-0.05, 0) is 32.4 Å². The second-order valence-corrected chi connectivity index (χ2v) is 6.98. The molecule has 1 unspecified atom stereocenters. The van der Waals surface area contributed by atoms with Crippen LogP contribution in [0.25, 0.3) is 5.69 Å². The fourth-order valence-electron chi connectivity index (χ4n) is 3.46. The molecule has 1 aromatic carbocycles. The smallest absolute Gasteiger partial charge is 0.334 e. The SMILES string of the molecule is CC1(C)C(C(F)(F)F)CCN1C(=O)NCc1cnn(-c2ccccc2)c1. The Morgan fingerprint density at radius 1 is 1.31 bits per heavy atom. The van der Waals surface area contributed by atoms with Crippen molar-refractivity contribution in [3.05, 3.63) is 48.3 Å². The first kappa shape index (κ1) is 18.3. The van der Waals surface area contributed by atoms with Gasteiger partial charge >= 0.3 is 12.2 Å². The molecule has 5 nitrogen and oxygen atoms in total. The van der Waals surface area contributed by atoms with Crippen LogP contribution in [0.4, 0.5) is 18.0 Å². The number of nitrogens with one attached hydrogen (secondary N) is 1. The molecule has 1 fully saturated rings. The molecule has 2 aromatic rings. The van der Waals surface area contributed by atoms with Crippen LogP contribution in [0, 0.1) is 5.92 Å². The number of carbonyl (C=O) groups excluding carboxylic acids is 1. The van der Waals surface area contributed by atoms with Crippen molar-refractivity contribution in [2.45, 2.75) is 38.5 Å². The van der Waals surface area contributed by atoms with E-state index < -0.39 is 23.7 Å². The van der Waals surface area contributed by atoms with Crippen LogP contribution in [0.2, 0.25) is 0 Å². The van der Waals surface area contributed by atoms with E-state index in [4.69, 9.17) is 0 Å². The summed E-state index contributed by atoms with van der Waals surface area (Å²) >= 11 is 0. The van der Waals surface area contributed by atoms with Crippen molar-refractivity contribution in [1.29, 1.82) is 0 Å². The van der Waals surface area contributed by atoms with E-state index >= 15 is 0 Å². The summed E-state index contributed by atoms with van der Waals surface area (Å²) in [5, 5.41) is 6.94. The number of aromatic nitrogens is 2. The van der Waals surface area contributed by atoms with E-state index in [0.717, 1.165) is 11.3 Å². The van der Waals surface area contributed by atoms with Gasteiger partial charge in [-0.15, -0.1) is 0 Å². The molecule has 3 rings (SSSR count). The molecule has 140 valence electrons. The molecule has 0 saturated carbocycles. The lowest BCUT2D eigenvalue weighted by Gasteiger charge is -2.36. The number of carbonyl (C=O) groups is 1. The van der Waals surface area contributed by atoms with Crippen molar-refractivity contribution in [3.63, 3.8) is 0 Å². The van der Waals surface area contributed by atoms with E-state index in [1.54, 1.807) is 17.1 Å². The van der Waals surface area contributed by atoms with Crippen molar-refractivity contribution < 1.29 is 18.0 Å². The summed E-state index contributed by atoms with van der Waals surface area (Å²) in [5.74, 6) is -1.51. The number of hydrogen-bond acceptors (Lipinski definition) is 2. The van der Waals surface area contributed by atoms with Gasteiger partial charge in [0.15, 0.2) is 0 Å². The van der Waals surface area contributed by atoms with E-state index in [1.165, 1.54) is 18.7 Å². The molecular weight excluding hydrogens is 345 g/mol. The minimum absolute atomic E-state index is 0.0736. The van der Waals surface area contributed by atoms with Gasteiger partial charge in [0.1, 0.15) is 0 Å². The fraction of sp³-hybridized carbons (Fsp3) is 0.444. The monoisotopic (exact) mass is 366 g/mol. The highest BCUT2D eigenvalue weighted by Crippen LogP contribution is 2.44. The van der Waals surface area contributed by atoms with E-state index in [0.29, 0.717) is 0 Å². The number of nitrogens with zero attached hydrogens (tertiary/aromatic N) is 3. The number of amides is 2. The standard InChI is InChI=1S/C18H21F3N4O/c1-17(2)15(18(19,20)21)8-9-24(17)16(26)22-10-13-11-23-25(12-13)14-6-4-3-5-7-14/h3-7,11-12,15H,8-10H2,1-2H3,(H,22,26). The first-order valence-electron chi connectivity index (χ1n) is 8.41. The van der Waals surface area contributed by atoms with E-state index in [9.17, 15) is 18.0 Å². The van der Waals surface area contributed by atoms with Gasteiger partial charge in [0.2, 0.25) is 0 Å². The largest absolute Gasteiger partial charge is 0.394 e. The minimum atomic E-state index is -4.31. The number of halogens is 3. The average molecular weight is 366 g/mol.